The third kappa shape index (κ3) is 7.17. The molecule has 0 radical (unpaired) electrons. The Balaban J connectivity index is 1.90. The lowest BCUT2D eigenvalue weighted by molar-refractivity contribution is -0.387. The number of piperidine rings is 1. The van der Waals surface area contributed by atoms with Crippen molar-refractivity contribution in [1.82, 2.24) is 14.1 Å². The molecule has 2 aliphatic rings. The van der Waals surface area contributed by atoms with Crippen LogP contribution in [-0.4, -0.2) is 88.6 Å². The molecule has 1 aromatic rings. The summed E-state index contributed by atoms with van der Waals surface area (Å²) in [5.41, 5.74) is -0.556. The first-order valence-electron chi connectivity index (χ1n) is 13.8. The normalized spacial score (nSPS) is 20.2. The average molecular weight is 581 g/mol. The zero-order chi connectivity index (χ0) is 29.8. The van der Waals surface area contributed by atoms with Gasteiger partial charge < -0.3 is 14.9 Å². The minimum Gasteiger partial charge on any atom is -0.481 e. The van der Waals surface area contributed by atoms with E-state index < -0.39 is 49.5 Å². The zero-order valence-electron chi connectivity index (χ0n) is 23.6. The van der Waals surface area contributed by atoms with Crippen molar-refractivity contribution in [1.29, 1.82) is 0 Å². The number of carboxylic acids is 1. The van der Waals surface area contributed by atoms with Crippen molar-refractivity contribution in [2.75, 3.05) is 26.2 Å². The fraction of sp³-hybridized carbons (Fsp3) is 0.667. The van der Waals surface area contributed by atoms with Gasteiger partial charge in [0.15, 0.2) is 4.90 Å². The highest BCUT2D eigenvalue weighted by Crippen LogP contribution is 2.32. The van der Waals surface area contributed by atoms with Gasteiger partial charge in [0, 0.05) is 38.7 Å². The predicted octanol–water partition coefficient (Wildman–Crippen LogP) is 2.97. The number of nitrogens with zero attached hydrogens (tertiary/aromatic N) is 4. The van der Waals surface area contributed by atoms with Crippen molar-refractivity contribution in [3.63, 3.8) is 0 Å². The molecule has 2 heterocycles. The van der Waals surface area contributed by atoms with E-state index in [4.69, 9.17) is 5.11 Å². The Morgan fingerprint density at radius 1 is 1.05 bits per heavy atom. The van der Waals surface area contributed by atoms with Gasteiger partial charge in [-0.05, 0) is 49.5 Å². The summed E-state index contributed by atoms with van der Waals surface area (Å²) in [6.07, 6.45) is 1.78. The third-order valence-corrected chi connectivity index (χ3v) is 9.52. The van der Waals surface area contributed by atoms with E-state index in [9.17, 15) is 32.9 Å². The molecule has 0 bridgehead atoms. The Kier molecular flexibility index (Phi) is 10.3. The Hall–Kier alpha value is -3.06. The molecule has 0 saturated carbocycles. The van der Waals surface area contributed by atoms with Gasteiger partial charge in [0.1, 0.15) is 12.1 Å². The van der Waals surface area contributed by atoms with Crippen molar-refractivity contribution in [3.8, 4) is 0 Å². The van der Waals surface area contributed by atoms with Crippen LogP contribution in [0.3, 0.4) is 0 Å². The number of carbonyl (C=O) groups is 3. The van der Waals surface area contributed by atoms with Crippen molar-refractivity contribution < 1.29 is 32.8 Å². The van der Waals surface area contributed by atoms with Gasteiger partial charge in [0.05, 0.1) is 4.92 Å². The molecule has 2 unspecified atom stereocenters. The topological polar surface area (TPSA) is 158 Å². The van der Waals surface area contributed by atoms with E-state index in [2.05, 4.69) is 0 Å². The highest BCUT2D eigenvalue weighted by atomic mass is 32.2. The second-order valence-corrected chi connectivity index (χ2v) is 13.4. The molecule has 1 N–H and O–H groups in total. The number of nitro benzene ring substituents is 1. The van der Waals surface area contributed by atoms with E-state index in [0.717, 1.165) is 10.4 Å². The summed E-state index contributed by atoms with van der Waals surface area (Å²) in [5, 5.41) is 20.7. The van der Waals surface area contributed by atoms with Gasteiger partial charge in [-0.2, -0.15) is 4.31 Å². The minimum atomic E-state index is -4.39. The van der Waals surface area contributed by atoms with Crippen molar-refractivity contribution in [2.24, 2.45) is 17.8 Å². The first-order chi connectivity index (χ1) is 18.7. The molecule has 3 rings (SSSR count). The van der Waals surface area contributed by atoms with Gasteiger partial charge in [-0.3, -0.25) is 24.5 Å². The van der Waals surface area contributed by atoms with Crippen LogP contribution in [0.5, 0.6) is 0 Å². The lowest BCUT2D eigenvalue weighted by Crippen LogP contribution is -2.64. The molecule has 12 nitrogen and oxygen atoms in total. The van der Waals surface area contributed by atoms with Gasteiger partial charge in [-0.15, -0.1) is 0 Å². The number of rotatable bonds is 11. The maximum atomic E-state index is 14.0. The number of likely N-dealkylation sites (tertiary alicyclic amines) is 1. The number of hydrogen-bond acceptors (Lipinski definition) is 7. The number of piperazine rings is 1. The second kappa shape index (κ2) is 13.1. The molecule has 2 atom stereocenters. The smallest absolute Gasteiger partial charge is 0.303 e. The van der Waals surface area contributed by atoms with Crippen LogP contribution in [-0.2, 0) is 24.4 Å². The van der Waals surface area contributed by atoms with Crippen LogP contribution >= 0.6 is 0 Å². The number of nitro groups is 1. The van der Waals surface area contributed by atoms with Crippen LogP contribution < -0.4 is 0 Å². The van der Waals surface area contributed by atoms with Crippen molar-refractivity contribution in [2.45, 2.75) is 76.8 Å². The first kappa shape index (κ1) is 31.5. The Labute approximate surface area is 235 Å². The number of carbonyl (C=O) groups excluding carboxylic acids is 2. The maximum Gasteiger partial charge on any atom is 0.303 e. The second-order valence-electron chi connectivity index (χ2n) is 11.5. The zero-order valence-corrected chi connectivity index (χ0v) is 24.4. The van der Waals surface area contributed by atoms with Crippen LogP contribution in [0.4, 0.5) is 5.69 Å². The fourth-order valence-electron chi connectivity index (χ4n) is 5.62. The van der Waals surface area contributed by atoms with E-state index in [1.807, 2.05) is 27.7 Å². The predicted molar refractivity (Wildman–Crippen MR) is 147 cm³/mol. The number of aliphatic carboxylic acids is 1. The largest absolute Gasteiger partial charge is 0.481 e. The summed E-state index contributed by atoms with van der Waals surface area (Å²) < 4.78 is 28.5. The van der Waals surface area contributed by atoms with Crippen molar-refractivity contribution >= 4 is 33.5 Å². The van der Waals surface area contributed by atoms with Gasteiger partial charge in [0.2, 0.25) is 11.8 Å². The summed E-state index contributed by atoms with van der Waals surface area (Å²) in [7, 11) is -4.39. The first-order valence-corrected chi connectivity index (χ1v) is 15.2. The number of carboxylic acid groups (broad SMARTS) is 1. The van der Waals surface area contributed by atoms with Gasteiger partial charge in [-0.25, -0.2) is 8.42 Å². The lowest BCUT2D eigenvalue weighted by atomic mass is 9.92. The molecule has 0 aliphatic carbocycles. The minimum absolute atomic E-state index is 0.00190. The van der Waals surface area contributed by atoms with Crippen molar-refractivity contribution in [3.05, 3.63) is 34.4 Å². The fourth-order valence-corrected chi connectivity index (χ4v) is 7.37. The van der Waals surface area contributed by atoms with Crippen LogP contribution in [0.25, 0.3) is 0 Å². The summed E-state index contributed by atoms with van der Waals surface area (Å²) >= 11 is 0. The van der Waals surface area contributed by atoms with Gasteiger partial charge in [0.25, 0.3) is 15.7 Å². The van der Waals surface area contributed by atoms with Crippen LogP contribution in [0.1, 0.15) is 59.8 Å². The van der Waals surface area contributed by atoms with Crippen LogP contribution in [0, 0.1) is 27.9 Å². The standard InChI is InChI=1S/C27H40N4O8S/c1-18(2)15-22(26(34)28-11-9-20(10-12-28)17-25(32)33)29-13-14-30(23(27(29)35)16-19(3)4)40(38,39)24-8-6-5-7-21(24)31(36)37/h5-8,18-20,22-23H,9-17H2,1-4H3,(H,32,33). The molecular weight excluding hydrogens is 540 g/mol. The highest BCUT2D eigenvalue weighted by molar-refractivity contribution is 7.89. The van der Waals surface area contributed by atoms with E-state index in [-0.39, 0.29) is 49.6 Å². The summed E-state index contributed by atoms with van der Waals surface area (Å²) in [5.74, 6) is -1.56. The number of para-hydroxylation sites is 1. The molecule has 0 spiro atoms. The molecule has 40 heavy (non-hydrogen) atoms. The number of benzene rings is 1. The number of sulfonamides is 1. The SMILES string of the molecule is CC(C)CC(C(=O)N1CCC(CC(=O)O)CC1)N1CCN(S(=O)(=O)c2ccccc2[N+](=O)[O-])C(CC(C)C)C1=O. The monoisotopic (exact) mass is 580 g/mol. The van der Waals surface area contributed by atoms with E-state index in [0.29, 0.717) is 32.4 Å². The molecular formula is C27H40N4O8S. The number of hydrogen-bond donors (Lipinski definition) is 1. The quantitative estimate of drug-likeness (QED) is 0.309. The summed E-state index contributed by atoms with van der Waals surface area (Å²) in [6.45, 7) is 8.31. The van der Waals surface area contributed by atoms with Gasteiger partial charge in [-0.1, -0.05) is 39.8 Å². The van der Waals surface area contributed by atoms with Gasteiger partial charge >= 0.3 is 5.97 Å². The summed E-state index contributed by atoms with van der Waals surface area (Å²) in [6, 6.07) is 3.21. The third-order valence-electron chi connectivity index (χ3n) is 7.57. The number of amides is 2. The van der Waals surface area contributed by atoms with E-state index in [1.54, 1.807) is 4.90 Å². The molecule has 2 aliphatic heterocycles. The summed E-state index contributed by atoms with van der Waals surface area (Å²) in [4.78, 5) is 52.4. The van der Waals surface area contributed by atoms with E-state index >= 15 is 0 Å². The lowest BCUT2D eigenvalue weighted by Gasteiger charge is -2.45. The van der Waals surface area contributed by atoms with Crippen LogP contribution in [0.15, 0.2) is 29.2 Å². The Bertz CT molecular complexity index is 1210. The molecule has 2 fully saturated rings. The molecule has 2 amide bonds. The molecule has 0 aromatic heterocycles. The van der Waals surface area contributed by atoms with E-state index in [1.165, 1.54) is 23.1 Å². The average Bonchev–Trinajstić information content (AvgIpc) is 2.88. The maximum absolute atomic E-state index is 14.0. The molecule has 2 saturated heterocycles. The molecule has 13 heteroatoms. The Morgan fingerprint density at radius 2 is 1.68 bits per heavy atom. The molecule has 1 aromatic carbocycles. The molecule has 222 valence electrons. The highest BCUT2D eigenvalue weighted by Gasteiger charge is 2.47. The van der Waals surface area contributed by atoms with Crippen LogP contribution in [0.2, 0.25) is 0 Å². The Morgan fingerprint density at radius 3 is 2.23 bits per heavy atom.